The van der Waals surface area contributed by atoms with Gasteiger partial charge in [0, 0.05) is 12.1 Å². The van der Waals surface area contributed by atoms with Crippen molar-refractivity contribution in [1.82, 2.24) is 0 Å². The number of nitro benzene ring substituents is 1. The molecule has 1 aromatic heterocycles. The molecular formula is C15H7Br2NO5. The lowest BCUT2D eigenvalue weighted by molar-refractivity contribution is -0.384. The first-order valence-electron chi connectivity index (χ1n) is 6.28. The van der Waals surface area contributed by atoms with Crippen LogP contribution >= 0.6 is 31.9 Å². The van der Waals surface area contributed by atoms with Gasteiger partial charge in [-0.3, -0.25) is 14.9 Å². The van der Waals surface area contributed by atoms with Crippen molar-refractivity contribution in [2.45, 2.75) is 0 Å². The van der Waals surface area contributed by atoms with E-state index >= 15 is 0 Å². The topological polar surface area (TPSA) is 93.6 Å². The van der Waals surface area contributed by atoms with E-state index in [1.54, 1.807) is 6.07 Å². The van der Waals surface area contributed by atoms with Crippen molar-refractivity contribution in [3.8, 4) is 17.1 Å². The minimum atomic E-state index is -0.540. The fourth-order valence-corrected chi connectivity index (χ4v) is 3.49. The van der Waals surface area contributed by atoms with Crippen molar-refractivity contribution < 1.29 is 14.4 Å². The maximum atomic E-state index is 12.4. The standard InChI is InChI=1S/C15H7Br2NO5/c16-8-5-12-13(14(17)15(8)20)10(19)6-11(23-12)7-3-1-2-4-9(7)18(21)22/h1-6,20H. The Bertz CT molecular complexity index is 1010. The van der Waals surface area contributed by atoms with Gasteiger partial charge >= 0.3 is 0 Å². The molecule has 0 saturated heterocycles. The summed E-state index contributed by atoms with van der Waals surface area (Å²) in [5, 5.41) is 21.2. The van der Waals surface area contributed by atoms with E-state index in [-0.39, 0.29) is 38.2 Å². The van der Waals surface area contributed by atoms with Gasteiger partial charge in [0.05, 0.1) is 24.8 Å². The number of nitro groups is 1. The molecule has 0 aliphatic carbocycles. The van der Waals surface area contributed by atoms with Crippen LogP contribution in [0.3, 0.4) is 0 Å². The van der Waals surface area contributed by atoms with Crippen LogP contribution in [-0.2, 0) is 0 Å². The molecule has 3 aromatic rings. The summed E-state index contributed by atoms with van der Waals surface area (Å²) in [6.07, 6.45) is 0. The first-order chi connectivity index (χ1) is 10.9. The Labute approximate surface area is 145 Å². The fraction of sp³-hybridized carbons (Fsp3) is 0. The quantitative estimate of drug-likeness (QED) is 0.464. The number of phenolic OH excluding ortho intramolecular Hbond substituents is 1. The molecule has 0 amide bonds. The smallest absolute Gasteiger partial charge is 0.280 e. The Hall–Kier alpha value is -2.19. The zero-order valence-corrected chi connectivity index (χ0v) is 14.4. The summed E-state index contributed by atoms with van der Waals surface area (Å²) in [6, 6.07) is 8.61. The minimum absolute atomic E-state index is 0.0827. The van der Waals surface area contributed by atoms with E-state index < -0.39 is 10.4 Å². The molecule has 8 heteroatoms. The summed E-state index contributed by atoms with van der Waals surface area (Å²) in [6.45, 7) is 0. The molecule has 0 saturated carbocycles. The number of hydrogen-bond donors (Lipinski definition) is 1. The highest BCUT2D eigenvalue weighted by atomic mass is 79.9. The van der Waals surface area contributed by atoms with Gasteiger partial charge in [0.25, 0.3) is 5.69 Å². The van der Waals surface area contributed by atoms with Gasteiger partial charge in [0.2, 0.25) is 0 Å². The largest absolute Gasteiger partial charge is 0.506 e. The van der Waals surface area contributed by atoms with Gasteiger partial charge in [-0.25, -0.2) is 0 Å². The Balaban J connectivity index is 2.36. The molecule has 0 bridgehead atoms. The maximum absolute atomic E-state index is 12.4. The van der Waals surface area contributed by atoms with Crippen molar-refractivity contribution in [3.05, 3.63) is 65.7 Å². The number of rotatable bonds is 2. The van der Waals surface area contributed by atoms with E-state index in [9.17, 15) is 20.0 Å². The number of para-hydroxylation sites is 1. The van der Waals surface area contributed by atoms with Crippen LogP contribution in [0.4, 0.5) is 5.69 Å². The van der Waals surface area contributed by atoms with E-state index in [0.29, 0.717) is 4.47 Å². The van der Waals surface area contributed by atoms with E-state index in [2.05, 4.69) is 31.9 Å². The molecule has 2 aromatic carbocycles. The van der Waals surface area contributed by atoms with E-state index in [1.807, 2.05) is 0 Å². The van der Waals surface area contributed by atoms with Gasteiger partial charge in [-0.15, -0.1) is 0 Å². The van der Waals surface area contributed by atoms with Crippen molar-refractivity contribution in [3.63, 3.8) is 0 Å². The number of hydrogen-bond acceptors (Lipinski definition) is 5. The Morgan fingerprint density at radius 3 is 2.57 bits per heavy atom. The highest BCUT2D eigenvalue weighted by Crippen LogP contribution is 2.39. The van der Waals surface area contributed by atoms with Crippen molar-refractivity contribution in [2.75, 3.05) is 0 Å². The number of nitrogens with zero attached hydrogens (tertiary/aromatic N) is 1. The van der Waals surface area contributed by atoms with Crippen LogP contribution in [0.15, 0.2) is 54.6 Å². The second-order valence-electron chi connectivity index (χ2n) is 4.64. The summed E-state index contributed by atoms with van der Waals surface area (Å²) >= 11 is 6.31. The van der Waals surface area contributed by atoms with Crippen LogP contribution in [0.5, 0.6) is 5.75 Å². The molecule has 0 aliphatic rings. The molecule has 1 heterocycles. The molecule has 0 atom stereocenters. The molecule has 0 unspecified atom stereocenters. The predicted molar refractivity (Wildman–Crippen MR) is 91.6 cm³/mol. The Kier molecular flexibility index (Phi) is 3.95. The monoisotopic (exact) mass is 439 g/mol. The number of phenols is 1. The molecule has 3 rings (SSSR count). The second-order valence-corrected chi connectivity index (χ2v) is 6.29. The van der Waals surface area contributed by atoms with Crippen LogP contribution in [0.2, 0.25) is 0 Å². The third-order valence-corrected chi connectivity index (χ3v) is 4.63. The van der Waals surface area contributed by atoms with Gasteiger partial charge in [-0.1, -0.05) is 12.1 Å². The molecule has 6 nitrogen and oxygen atoms in total. The Morgan fingerprint density at radius 2 is 1.87 bits per heavy atom. The number of fused-ring (bicyclic) bond motifs is 1. The minimum Gasteiger partial charge on any atom is -0.506 e. The zero-order chi connectivity index (χ0) is 16.7. The van der Waals surface area contributed by atoms with Crippen LogP contribution < -0.4 is 5.43 Å². The maximum Gasteiger partial charge on any atom is 0.280 e. The van der Waals surface area contributed by atoms with E-state index in [4.69, 9.17) is 4.42 Å². The van der Waals surface area contributed by atoms with Crippen molar-refractivity contribution >= 4 is 48.5 Å². The molecule has 23 heavy (non-hydrogen) atoms. The molecular weight excluding hydrogens is 434 g/mol. The molecule has 116 valence electrons. The Morgan fingerprint density at radius 1 is 1.17 bits per heavy atom. The number of benzene rings is 2. The third-order valence-electron chi connectivity index (χ3n) is 3.25. The van der Waals surface area contributed by atoms with E-state index in [1.165, 1.54) is 30.3 Å². The number of aromatic hydroxyl groups is 1. The fourth-order valence-electron chi connectivity index (χ4n) is 2.21. The number of halogens is 2. The lowest BCUT2D eigenvalue weighted by atomic mass is 10.1. The average molecular weight is 441 g/mol. The van der Waals surface area contributed by atoms with Crippen LogP contribution in [0.25, 0.3) is 22.3 Å². The molecule has 1 N–H and O–H groups in total. The summed E-state index contributed by atoms with van der Waals surface area (Å²) < 4.78 is 6.19. The van der Waals surface area contributed by atoms with Gasteiger partial charge in [0.15, 0.2) is 5.43 Å². The van der Waals surface area contributed by atoms with E-state index in [0.717, 1.165) is 0 Å². The summed E-state index contributed by atoms with van der Waals surface area (Å²) in [7, 11) is 0. The third kappa shape index (κ3) is 2.64. The van der Waals surface area contributed by atoms with Crippen LogP contribution in [0, 0.1) is 10.1 Å². The summed E-state index contributed by atoms with van der Waals surface area (Å²) in [5.41, 5.74) is -0.181. The lowest BCUT2D eigenvalue weighted by Crippen LogP contribution is -2.02. The van der Waals surface area contributed by atoms with Gasteiger partial charge in [-0.05, 0) is 44.0 Å². The van der Waals surface area contributed by atoms with Gasteiger partial charge in [0.1, 0.15) is 17.1 Å². The normalized spacial score (nSPS) is 10.9. The lowest BCUT2D eigenvalue weighted by Gasteiger charge is -2.07. The average Bonchev–Trinajstić information content (AvgIpc) is 2.52. The highest BCUT2D eigenvalue weighted by Gasteiger charge is 2.20. The van der Waals surface area contributed by atoms with Crippen molar-refractivity contribution in [1.29, 1.82) is 0 Å². The molecule has 0 radical (unpaired) electrons. The first kappa shape index (κ1) is 15.7. The van der Waals surface area contributed by atoms with Crippen LogP contribution in [0.1, 0.15) is 0 Å². The highest BCUT2D eigenvalue weighted by molar-refractivity contribution is 9.11. The SMILES string of the molecule is O=c1cc(-c2ccccc2[N+](=O)[O-])oc2cc(Br)c(O)c(Br)c12. The molecule has 0 spiro atoms. The van der Waals surface area contributed by atoms with Gasteiger partial charge in [-0.2, -0.15) is 0 Å². The predicted octanol–water partition coefficient (Wildman–Crippen LogP) is 4.60. The first-order valence-corrected chi connectivity index (χ1v) is 7.87. The molecule has 0 fully saturated rings. The van der Waals surface area contributed by atoms with Crippen molar-refractivity contribution in [2.24, 2.45) is 0 Å². The molecule has 0 aliphatic heterocycles. The second kappa shape index (κ2) is 5.78. The van der Waals surface area contributed by atoms with Gasteiger partial charge < -0.3 is 9.52 Å². The zero-order valence-electron chi connectivity index (χ0n) is 11.2. The van der Waals surface area contributed by atoms with Crippen LogP contribution in [-0.4, -0.2) is 10.0 Å². The summed E-state index contributed by atoms with van der Waals surface area (Å²) in [4.78, 5) is 22.9. The summed E-state index contributed by atoms with van der Waals surface area (Å²) in [5.74, 6) is -0.0393.